The van der Waals surface area contributed by atoms with Crippen LogP contribution >= 0.6 is 0 Å². The average molecular weight is 367 g/mol. The third-order valence-electron chi connectivity index (χ3n) is 4.38. The number of benzene rings is 2. The summed E-state index contributed by atoms with van der Waals surface area (Å²) in [5.41, 5.74) is 1.38. The van der Waals surface area contributed by atoms with Crippen molar-refractivity contribution in [2.45, 2.75) is 6.17 Å². The van der Waals surface area contributed by atoms with Gasteiger partial charge < -0.3 is 10.1 Å². The number of carbonyl (C=O) groups is 1. The lowest BCUT2D eigenvalue weighted by molar-refractivity contribution is 0.0993. The van der Waals surface area contributed by atoms with Gasteiger partial charge in [0.25, 0.3) is 5.91 Å². The van der Waals surface area contributed by atoms with Crippen molar-refractivity contribution in [3.05, 3.63) is 83.7 Å². The minimum atomic E-state index is -0.779. The number of aromatic nitrogens is 1. The Balaban J connectivity index is 1.78. The number of methoxy groups -OCH3 is 1. The fourth-order valence-electron chi connectivity index (χ4n) is 3.08. The molecule has 2 aromatic carbocycles. The Kier molecular flexibility index (Phi) is 4.19. The molecule has 1 unspecified atom stereocenters. The summed E-state index contributed by atoms with van der Waals surface area (Å²) in [6, 6.07) is 13.3. The van der Waals surface area contributed by atoms with Crippen LogP contribution in [0.25, 0.3) is 0 Å². The fourth-order valence-corrected chi connectivity index (χ4v) is 3.08. The van der Waals surface area contributed by atoms with Crippen LogP contribution in [0, 0.1) is 11.6 Å². The van der Waals surface area contributed by atoms with Crippen molar-refractivity contribution in [3.8, 4) is 5.75 Å². The van der Waals surface area contributed by atoms with E-state index >= 15 is 0 Å². The Morgan fingerprint density at radius 3 is 2.63 bits per heavy atom. The highest BCUT2D eigenvalue weighted by Crippen LogP contribution is 2.37. The van der Waals surface area contributed by atoms with Gasteiger partial charge in [-0.3, -0.25) is 14.7 Å². The fraction of sp³-hybridized carbons (Fsp3) is 0.100. The first-order valence-electron chi connectivity index (χ1n) is 8.22. The van der Waals surface area contributed by atoms with Crippen LogP contribution < -0.4 is 15.0 Å². The van der Waals surface area contributed by atoms with Crippen LogP contribution in [0.2, 0.25) is 0 Å². The molecule has 1 atom stereocenters. The Bertz CT molecular complexity index is 1010. The molecule has 0 radical (unpaired) electrons. The molecule has 0 spiro atoms. The summed E-state index contributed by atoms with van der Waals surface area (Å²) in [6.45, 7) is 0. The Morgan fingerprint density at radius 1 is 1.11 bits per heavy atom. The van der Waals surface area contributed by atoms with Crippen LogP contribution in [0.15, 0.2) is 60.8 Å². The largest absolute Gasteiger partial charge is 0.497 e. The molecular formula is C20H15F2N3O2. The molecule has 4 rings (SSSR count). The first-order chi connectivity index (χ1) is 13.1. The second-order valence-corrected chi connectivity index (χ2v) is 5.98. The van der Waals surface area contributed by atoms with Crippen molar-refractivity contribution in [1.29, 1.82) is 0 Å². The number of ether oxygens (including phenoxy) is 1. The van der Waals surface area contributed by atoms with Crippen LogP contribution in [0.4, 0.5) is 20.2 Å². The van der Waals surface area contributed by atoms with Gasteiger partial charge in [0.1, 0.15) is 17.4 Å². The summed E-state index contributed by atoms with van der Waals surface area (Å²) in [5.74, 6) is -0.845. The molecule has 2 heterocycles. The maximum atomic E-state index is 14.2. The van der Waals surface area contributed by atoms with Crippen molar-refractivity contribution in [1.82, 2.24) is 4.98 Å². The van der Waals surface area contributed by atoms with E-state index in [1.165, 1.54) is 4.90 Å². The van der Waals surface area contributed by atoms with Crippen LogP contribution in [0.3, 0.4) is 0 Å². The van der Waals surface area contributed by atoms with Gasteiger partial charge in [0.05, 0.1) is 24.1 Å². The van der Waals surface area contributed by atoms with Crippen LogP contribution in [0.5, 0.6) is 5.75 Å². The summed E-state index contributed by atoms with van der Waals surface area (Å²) >= 11 is 0. The number of rotatable bonds is 4. The maximum Gasteiger partial charge on any atom is 0.262 e. The Labute approximate surface area is 154 Å². The molecule has 3 aromatic rings. The van der Waals surface area contributed by atoms with Crippen LogP contribution in [-0.2, 0) is 0 Å². The molecule has 1 aliphatic heterocycles. The third kappa shape index (κ3) is 2.97. The number of hydrogen-bond acceptors (Lipinski definition) is 4. The molecule has 136 valence electrons. The molecule has 5 nitrogen and oxygen atoms in total. The molecule has 0 aliphatic carbocycles. The number of carbonyl (C=O) groups excluding carboxylic acids is 1. The van der Waals surface area contributed by atoms with Gasteiger partial charge in [-0.2, -0.15) is 0 Å². The predicted molar refractivity (Wildman–Crippen MR) is 96.8 cm³/mol. The summed E-state index contributed by atoms with van der Waals surface area (Å²) in [6.07, 6.45) is 0.777. The zero-order chi connectivity index (χ0) is 19.0. The van der Waals surface area contributed by atoms with Crippen molar-refractivity contribution in [3.63, 3.8) is 0 Å². The topological polar surface area (TPSA) is 54.5 Å². The van der Waals surface area contributed by atoms with Crippen molar-refractivity contribution >= 4 is 17.3 Å². The molecule has 1 aromatic heterocycles. The minimum absolute atomic E-state index is 0.0511. The highest BCUT2D eigenvalue weighted by molar-refractivity contribution is 6.11. The lowest BCUT2D eigenvalue weighted by Gasteiger charge is -2.26. The average Bonchev–Trinajstić information content (AvgIpc) is 2.97. The number of nitrogens with one attached hydrogen (secondary N) is 1. The Morgan fingerprint density at radius 2 is 1.89 bits per heavy atom. The zero-order valence-corrected chi connectivity index (χ0v) is 14.3. The number of anilines is 2. The molecule has 0 saturated carbocycles. The third-order valence-corrected chi connectivity index (χ3v) is 4.38. The van der Waals surface area contributed by atoms with E-state index in [-0.39, 0.29) is 11.6 Å². The van der Waals surface area contributed by atoms with Gasteiger partial charge in [0.2, 0.25) is 0 Å². The molecule has 27 heavy (non-hydrogen) atoms. The van der Waals surface area contributed by atoms with Crippen molar-refractivity contribution in [2.75, 3.05) is 17.3 Å². The van der Waals surface area contributed by atoms with E-state index in [0.29, 0.717) is 22.7 Å². The van der Waals surface area contributed by atoms with Crippen LogP contribution in [-0.4, -0.2) is 18.0 Å². The first kappa shape index (κ1) is 17.0. The SMILES string of the molecule is COc1ccc(N2C(=O)c3cccnc3C2Nc2cc(F)ccc2F)cc1. The van der Waals surface area contributed by atoms with Gasteiger partial charge in [-0.05, 0) is 48.5 Å². The minimum Gasteiger partial charge on any atom is -0.497 e. The maximum absolute atomic E-state index is 14.2. The molecule has 1 N–H and O–H groups in total. The molecule has 0 saturated heterocycles. The number of nitrogens with zero attached hydrogens (tertiary/aromatic N) is 2. The van der Waals surface area contributed by atoms with Gasteiger partial charge >= 0.3 is 0 Å². The summed E-state index contributed by atoms with van der Waals surface area (Å²) < 4.78 is 32.9. The molecule has 0 fully saturated rings. The van der Waals surface area contributed by atoms with Gasteiger partial charge in [-0.15, -0.1) is 0 Å². The lowest BCUT2D eigenvalue weighted by atomic mass is 10.2. The van der Waals surface area contributed by atoms with Gasteiger partial charge in [0.15, 0.2) is 6.17 Å². The summed E-state index contributed by atoms with van der Waals surface area (Å²) in [5, 5.41) is 2.91. The van der Waals surface area contributed by atoms with Crippen LogP contribution in [0.1, 0.15) is 22.2 Å². The number of pyridine rings is 1. The molecule has 1 amide bonds. The first-order valence-corrected chi connectivity index (χ1v) is 8.22. The van der Waals surface area contributed by atoms with E-state index in [9.17, 15) is 13.6 Å². The van der Waals surface area contributed by atoms with Gasteiger partial charge in [-0.25, -0.2) is 8.78 Å². The highest BCUT2D eigenvalue weighted by atomic mass is 19.1. The van der Waals surface area contributed by atoms with E-state index in [2.05, 4.69) is 10.3 Å². The molecule has 0 bridgehead atoms. The number of amides is 1. The quantitative estimate of drug-likeness (QED) is 0.753. The number of hydrogen-bond donors (Lipinski definition) is 1. The van der Waals surface area contributed by atoms with Crippen molar-refractivity contribution in [2.24, 2.45) is 0 Å². The highest BCUT2D eigenvalue weighted by Gasteiger charge is 2.39. The number of halogens is 2. The summed E-state index contributed by atoms with van der Waals surface area (Å²) in [4.78, 5) is 18.7. The zero-order valence-electron chi connectivity index (χ0n) is 14.3. The normalized spacial score (nSPS) is 15.6. The Hall–Kier alpha value is -3.48. The number of fused-ring (bicyclic) bond motifs is 1. The van der Waals surface area contributed by atoms with E-state index in [4.69, 9.17) is 4.74 Å². The molecule has 1 aliphatic rings. The van der Waals surface area contributed by atoms with E-state index in [1.807, 2.05) is 0 Å². The molecular weight excluding hydrogens is 352 g/mol. The van der Waals surface area contributed by atoms with Gasteiger partial charge in [-0.1, -0.05) is 0 Å². The summed E-state index contributed by atoms with van der Waals surface area (Å²) in [7, 11) is 1.55. The monoisotopic (exact) mass is 367 g/mol. The smallest absolute Gasteiger partial charge is 0.262 e. The van der Waals surface area contributed by atoms with Crippen molar-refractivity contribution < 1.29 is 18.3 Å². The van der Waals surface area contributed by atoms with Gasteiger partial charge in [0, 0.05) is 18.0 Å². The van der Waals surface area contributed by atoms with E-state index in [0.717, 1.165) is 18.2 Å². The second-order valence-electron chi connectivity index (χ2n) is 5.98. The molecule has 7 heteroatoms. The second kappa shape index (κ2) is 6.68. The van der Waals surface area contributed by atoms with E-state index < -0.39 is 17.8 Å². The lowest BCUT2D eigenvalue weighted by Crippen LogP contribution is -2.32. The predicted octanol–water partition coefficient (Wildman–Crippen LogP) is 4.14. The van der Waals surface area contributed by atoms with E-state index in [1.54, 1.807) is 49.7 Å². The standard InChI is InChI=1S/C20H15F2N3O2/c1-27-14-7-5-13(6-8-14)25-19(18-15(20(25)26)3-2-10-23-18)24-17-11-12(21)4-9-16(17)22/h2-11,19,24H,1H3.